The monoisotopic (exact) mass is 275 g/mol. The number of methoxy groups -OCH3 is 1. The average molecular weight is 275 g/mol. The highest BCUT2D eigenvalue weighted by Crippen LogP contribution is 2.25. The predicted octanol–water partition coefficient (Wildman–Crippen LogP) is 4.10. The van der Waals surface area contributed by atoms with Gasteiger partial charge in [0.05, 0.1) is 6.10 Å². The van der Waals surface area contributed by atoms with Crippen LogP contribution < -0.4 is 5.32 Å². The molecule has 2 rings (SSSR count). The number of benzene rings is 1. The third kappa shape index (κ3) is 4.07. The zero-order valence-electron chi connectivity index (χ0n) is 13.4. The van der Waals surface area contributed by atoms with E-state index in [1.54, 1.807) is 0 Å². The van der Waals surface area contributed by atoms with E-state index < -0.39 is 0 Å². The minimum atomic E-state index is 0.387. The van der Waals surface area contributed by atoms with Crippen molar-refractivity contribution in [2.45, 2.75) is 64.6 Å². The molecule has 2 heteroatoms. The molecule has 0 aromatic heterocycles. The van der Waals surface area contributed by atoms with Crippen molar-refractivity contribution in [3.8, 4) is 0 Å². The molecule has 3 atom stereocenters. The van der Waals surface area contributed by atoms with Gasteiger partial charge in [0.15, 0.2) is 0 Å². The van der Waals surface area contributed by atoms with E-state index >= 15 is 0 Å². The van der Waals surface area contributed by atoms with Crippen LogP contribution in [0.5, 0.6) is 0 Å². The molecule has 1 aromatic carbocycles. The van der Waals surface area contributed by atoms with E-state index in [0.717, 1.165) is 12.3 Å². The van der Waals surface area contributed by atoms with Crippen LogP contribution in [-0.4, -0.2) is 19.3 Å². The Morgan fingerprint density at radius 2 is 1.85 bits per heavy atom. The number of hydrogen-bond donors (Lipinski definition) is 1. The summed E-state index contributed by atoms with van der Waals surface area (Å²) in [5.74, 6) is 0.720. The van der Waals surface area contributed by atoms with E-state index in [2.05, 4.69) is 50.4 Å². The SMILES string of the molecule is COC1CCCC1NC(C)c1ccc(CC(C)C)cc1. The van der Waals surface area contributed by atoms with E-state index in [9.17, 15) is 0 Å². The summed E-state index contributed by atoms with van der Waals surface area (Å²) < 4.78 is 5.56. The Labute approximate surface area is 123 Å². The molecule has 0 aliphatic heterocycles. The summed E-state index contributed by atoms with van der Waals surface area (Å²) in [6, 6.07) is 9.98. The lowest BCUT2D eigenvalue weighted by atomic mass is 9.99. The molecule has 0 saturated heterocycles. The van der Waals surface area contributed by atoms with Crippen LogP contribution in [0.4, 0.5) is 0 Å². The van der Waals surface area contributed by atoms with Gasteiger partial charge in [-0.1, -0.05) is 38.1 Å². The molecule has 0 bridgehead atoms. The second kappa shape index (κ2) is 7.24. The third-order valence-corrected chi connectivity index (χ3v) is 4.34. The first kappa shape index (κ1) is 15.5. The Bertz CT molecular complexity index is 398. The summed E-state index contributed by atoms with van der Waals surface area (Å²) in [5.41, 5.74) is 2.81. The highest BCUT2D eigenvalue weighted by molar-refractivity contribution is 5.25. The molecule has 1 fully saturated rings. The Balaban J connectivity index is 1.93. The van der Waals surface area contributed by atoms with Crippen LogP contribution in [0.3, 0.4) is 0 Å². The molecule has 3 unspecified atom stereocenters. The van der Waals surface area contributed by atoms with E-state index in [1.165, 1.54) is 30.4 Å². The molecule has 1 N–H and O–H groups in total. The fourth-order valence-electron chi connectivity index (χ4n) is 3.23. The lowest BCUT2D eigenvalue weighted by Crippen LogP contribution is -2.38. The molecule has 0 heterocycles. The van der Waals surface area contributed by atoms with E-state index in [4.69, 9.17) is 4.74 Å². The first-order valence-electron chi connectivity index (χ1n) is 7.98. The summed E-state index contributed by atoms with van der Waals surface area (Å²) in [7, 11) is 1.83. The van der Waals surface area contributed by atoms with Crippen molar-refractivity contribution in [1.82, 2.24) is 5.32 Å². The van der Waals surface area contributed by atoms with Crippen LogP contribution in [0.25, 0.3) is 0 Å². The van der Waals surface area contributed by atoms with Gasteiger partial charge in [-0.15, -0.1) is 0 Å². The molecule has 1 aliphatic carbocycles. The second-order valence-electron chi connectivity index (χ2n) is 6.54. The van der Waals surface area contributed by atoms with Crippen molar-refractivity contribution in [2.24, 2.45) is 5.92 Å². The summed E-state index contributed by atoms with van der Waals surface area (Å²) in [5, 5.41) is 3.73. The maximum Gasteiger partial charge on any atom is 0.0724 e. The standard InChI is InChI=1S/C18H29NO/c1-13(2)12-15-8-10-16(11-9-15)14(3)19-17-6-5-7-18(17)20-4/h8-11,13-14,17-19H,5-7,12H2,1-4H3. The summed E-state index contributed by atoms with van der Waals surface area (Å²) >= 11 is 0. The lowest BCUT2D eigenvalue weighted by Gasteiger charge is -2.24. The van der Waals surface area contributed by atoms with Gasteiger partial charge in [-0.3, -0.25) is 0 Å². The van der Waals surface area contributed by atoms with Crippen LogP contribution in [-0.2, 0) is 11.2 Å². The van der Waals surface area contributed by atoms with Gasteiger partial charge in [-0.05, 0) is 49.7 Å². The van der Waals surface area contributed by atoms with Gasteiger partial charge in [0, 0.05) is 19.2 Å². The minimum absolute atomic E-state index is 0.387. The van der Waals surface area contributed by atoms with Crippen LogP contribution >= 0.6 is 0 Å². The van der Waals surface area contributed by atoms with Gasteiger partial charge < -0.3 is 10.1 Å². The van der Waals surface area contributed by atoms with Crippen molar-refractivity contribution < 1.29 is 4.74 Å². The molecule has 112 valence electrons. The number of ether oxygens (including phenoxy) is 1. The van der Waals surface area contributed by atoms with E-state index in [-0.39, 0.29) is 0 Å². The third-order valence-electron chi connectivity index (χ3n) is 4.34. The molecular formula is C18H29NO. The Morgan fingerprint density at radius 3 is 2.45 bits per heavy atom. The predicted molar refractivity (Wildman–Crippen MR) is 85.0 cm³/mol. The van der Waals surface area contributed by atoms with E-state index in [1.807, 2.05) is 7.11 Å². The zero-order valence-corrected chi connectivity index (χ0v) is 13.4. The molecule has 0 spiro atoms. The zero-order chi connectivity index (χ0) is 14.5. The molecule has 1 saturated carbocycles. The van der Waals surface area contributed by atoms with Gasteiger partial charge in [0.1, 0.15) is 0 Å². The van der Waals surface area contributed by atoms with Gasteiger partial charge >= 0.3 is 0 Å². The summed E-state index contributed by atoms with van der Waals surface area (Å²) in [6.45, 7) is 6.79. The maximum absolute atomic E-state index is 5.56. The van der Waals surface area contributed by atoms with Crippen molar-refractivity contribution >= 4 is 0 Å². The van der Waals surface area contributed by atoms with Crippen molar-refractivity contribution in [2.75, 3.05) is 7.11 Å². The largest absolute Gasteiger partial charge is 0.380 e. The fourth-order valence-corrected chi connectivity index (χ4v) is 3.23. The Morgan fingerprint density at radius 1 is 1.15 bits per heavy atom. The fraction of sp³-hybridized carbons (Fsp3) is 0.667. The normalized spacial score (nSPS) is 24.2. The summed E-state index contributed by atoms with van der Waals surface area (Å²) in [6.07, 6.45) is 5.24. The number of nitrogens with one attached hydrogen (secondary N) is 1. The van der Waals surface area contributed by atoms with Crippen molar-refractivity contribution in [1.29, 1.82) is 0 Å². The van der Waals surface area contributed by atoms with Gasteiger partial charge in [0.25, 0.3) is 0 Å². The van der Waals surface area contributed by atoms with Gasteiger partial charge in [0.2, 0.25) is 0 Å². The first-order chi connectivity index (χ1) is 9.60. The molecule has 0 amide bonds. The molecular weight excluding hydrogens is 246 g/mol. The van der Waals surface area contributed by atoms with Gasteiger partial charge in [-0.25, -0.2) is 0 Å². The van der Waals surface area contributed by atoms with Crippen LogP contribution in [0.1, 0.15) is 57.2 Å². The van der Waals surface area contributed by atoms with Crippen LogP contribution in [0, 0.1) is 5.92 Å². The first-order valence-corrected chi connectivity index (χ1v) is 7.98. The average Bonchev–Trinajstić information content (AvgIpc) is 2.86. The lowest BCUT2D eigenvalue weighted by molar-refractivity contribution is 0.0820. The molecule has 20 heavy (non-hydrogen) atoms. The van der Waals surface area contributed by atoms with Crippen molar-refractivity contribution in [3.05, 3.63) is 35.4 Å². The summed E-state index contributed by atoms with van der Waals surface area (Å²) in [4.78, 5) is 0. The van der Waals surface area contributed by atoms with Gasteiger partial charge in [-0.2, -0.15) is 0 Å². The molecule has 2 nitrogen and oxygen atoms in total. The maximum atomic E-state index is 5.56. The topological polar surface area (TPSA) is 21.3 Å². The molecule has 1 aliphatic rings. The minimum Gasteiger partial charge on any atom is -0.380 e. The highest BCUT2D eigenvalue weighted by atomic mass is 16.5. The van der Waals surface area contributed by atoms with Crippen LogP contribution in [0.2, 0.25) is 0 Å². The molecule has 1 aromatic rings. The quantitative estimate of drug-likeness (QED) is 0.844. The smallest absolute Gasteiger partial charge is 0.0724 e. The van der Waals surface area contributed by atoms with Crippen molar-refractivity contribution in [3.63, 3.8) is 0 Å². The second-order valence-corrected chi connectivity index (χ2v) is 6.54. The Kier molecular flexibility index (Phi) is 5.62. The number of rotatable bonds is 6. The number of hydrogen-bond acceptors (Lipinski definition) is 2. The highest BCUT2D eigenvalue weighted by Gasteiger charge is 2.28. The molecule has 0 radical (unpaired) electrons. The van der Waals surface area contributed by atoms with E-state index in [0.29, 0.717) is 18.2 Å². The Hall–Kier alpha value is -0.860. The van der Waals surface area contributed by atoms with Crippen LogP contribution in [0.15, 0.2) is 24.3 Å².